The summed E-state index contributed by atoms with van der Waals surface area (Å²) < 4.78 is 0. The highest BCUT2D eigenvalue weighted by Gasteiger charge is 1.90. The predicted octanol–water partition coefficient (Wildman–Crippen LogP) is -0.199. The third kappa shape index (κ3) is 2.13. The summed E-state index contributed by atoms with van der Waals surface area (Å²) in [5.41, 5.74) is 0.0902. The van der Waals surface area contributed by atoms with Crippen molar-refractivity contribution in [3.05, 3.63) is 28.5 Å². The van der Waals surface area contributed by atoms with Gasteiger partial charge in [-0.15, -0.1) is 0 Å². The zero-order valence-electron chi connectivity index (χ0n) is 5.50. The lowest BCUT2D eigenvalue weighted by Gasteiger charge is -1.79. The molecule has 0 aliphatic heterocycles. The van der Waals surface area contributed by atoms with Crippen LogP contribution in [0.15, 0.2) is 17.1 Å². The maximum absolute atomic E-state index is 10.4. The highest BCUT2D eigenvalue weighted by molar-refractivity contribution is 5.84. The maximum atomic E-state index is 10.4. The number of hydrogen-bond donors (Lipinski definition) is 3. The molecule has 1 aromatic rings. The van der Waals surface area contributed by atoms with Gasteiger partial charge in [0, 0.05) is 12.3 Å². The van der Waals surface area contributed by atoms with Crippen molar-refractivity contribution in [2.45, 2.75) is 0 Å². The number of aromatic nitrogens is 2. The van der Waals surface area contributed by atoms with Gasteiger partial charge < -0.3 is 15.1 Å². The minimum Gasteiger partial charge on any atom is -0.478 e. The second kappa shape index (κ2) is 2.87. The topological polar surface area (TPSA) is 85.9 Å². The number of rotatable bonds is 2. The van der Waals surface area contributed by atoms with Crippen LogP contribution in [0.1, 0.15) is 5.69 Å². The van der Waals surface area contributed by atoms with E-state index in [2.05, 4.69) is 9.97 Å². The summed E-state index contributed by atoms with van der Waals surface area (Å²) in [5.74, 6) is -1.05. The molecule has 0 atom stereocenters. The number of carbonyl (C=O) groups is 1. The molecule has 0 aliphatic carbocycles. The molecule has 0 saturated heterocycles. The van der Waals surface area contributed by atoms with Crippen molar-refractivity contribution in [2.75, 3.05) is 0 Å². The van der Waals surface area contributed by atoms with Crippen LogP contribution >= 0.6 is 0 Å². The minimum atomic E-state index is -1.05. The van der Waals surface area contributed by atoms with Crippen LogP contribution < -0.4 is 5.69 Å². The fourth-order valence-electron chi connectivity index (χ4n) is 0.597. The lowest BCUT2D eigenvalue weighted by molar-refractivity contribution is -0.131. The van der Waals surface area contributed by atoms with E-state index in [1.807, 2.05) is 0 Å². The molecule has 0 radical (unpaired) electrons. The van der Waals surface area contributed by atoms with Crippen molar-refractivity contribution in [3.8, 4) is 0 Å². The van der Waals surface area contributed by atoms with Crippen LogP contribution in [0.3, 0.4) is 0 Å². The van der Waals surface area contributed by atoms with Crippen molar-refractivity contribution in [2.24, 2.45) is 0 Å². The van der Waals surface area contributed by atoms with Gasteiger partial charge in [0.1, 0.15) is 0 Å². The molecule has 1 heterocycles. The molecule has 5 heteroatoms. The Morgan fingerprint density at radius 1 is 1.64 bits per heavy atom. The van der Waals surface area contributed by atoms with E-state index in [0.717, 1.165) is 6.08 Å². The largest absolute Gasteiger partial charge is 0.478 e. The van der Waals surface area contributed by atoms with Crippen LogP contribution in [0.2, 0.25) is 0 Å². The van der Waals surface area contributed by atoms with Gasteiger partial charge in [-0.3, -0.25) is 0 Å². The van der Waals surface area contributed by atoms with Gasteiger partial charge in [0.05, 0.1) is 5.69 Å². The van der Waals surface area contributed by atoms with Crippen molar-refractivity contribution in [3.63, 3.8) is 0 Å². The summed E-state index contributed by atoms with van der Waals surface area (Å²) in [4.78, 5) is 25.1. The molecular weight excluding hydrogens is 148 g/mol. The lowest BCUT2D eigenvalue weighted by Crippen LogP contribution is -1.99. The summed E-state index contributed by atoms with van der Waals surface area (Å²) in [5, 5.41) is 8.19. The van der Waals surface area contributed by atoms with E-state index in [0.29, 0.717) is 5.69 Å². The first-order valence-electron chi connectivity index (χ1n) is 2.87. The van der Waals surface area contributed by atoms with Crippen molar-refractivity contribution in [1.82, 2.24) is 9.97 Å². The van der Waals surface area contributed by atoms with Crippen LogP contribution in [0.4, 0.5) is 0 Å². The monoisotopic (exact) mass is 154 g/mol. The highest BCUT2D eigenvalue weighted by Crippen LogP contribution is 1.90. The molecule has 0 amide bonds. The van der Waals surface area contributed by atoms with Crippen molar-refractivity contribution < 1.29 is 9.90 Å². The second-order valence-corrected chi connectivity index (χ2v) is 1.87. The zero-order chi connectivity index (χ0) is 8.27. The third-order valence-corrected chi connectivity index (χ3v) is 1.02. The maximum Gasteiger partial charge on any atom is 0.328 e. The number of carboxylic acids is 1. The average Bonchev–Trinajstić information content (AvgIpc) is 2.31. The number of hydrogen-bond acceptors (Lipinski definition) is 2. The second-order valence-electron chi connectivity index (χ2n) is 1.87. The van der Waals surface area contributed by atoms with E-state index >= 15 is 0 Å². The summed E-state index contributed by atoms with van der Waals surface area (Å²) in [7, 11) is 0. The van der Waals surface area contributed by atoms with Crippen LogP contribution in [-0.2, 0) is 4.79 Å². The van der Waals surface area contributed by atoms with E-state index in [1.165, 1.54) is 12.3 Å². The quantitative estimate of drug-likeness (QED) is 0.515. The molecule has 58 valence electrons. The Morgan fingerprint density at radius 3 is 2.82 bits per heavy atom. The number of aromatic amines is 2. The van der Waals surface area contributed by atoms with Gasteiger partial charge in [-0.1, -0.05) is 0 Å². The molecule has 11 heavy (non-hydrogen) atoms. The summed E-state index contributed by atoms with van der Waals surface area (Å²) in [6, 6.07) is 0. The van der Waals surface area contributed by atoms with Gasteiger partial charge in [0.2, 0.25) is 0 Å². The van der Waals surface area contributed by atoms with E-state index in [4.69, 9.17) is 5.11 Å². The SMILES string of the molecule is O=C(O)/C=C/c1c[nH]c(=O)[nH]1. The van der Waals surface area contributed by atoms with Gasteiger partial charge in [-0.05, 0) is 6.08 Å². The molecule has 0 bridgehead atoms. The molecule has 1 rings (SSSR count). The number of nitrogens with one attached hydrogen (secondary N) is 2. The van der Waals surface area contributed by atoms with E-state index < -0.39 is 5.97 Å². The zero-order valence-corrected chi connectivity index (χ0v) is 5.50. The van der Waals surface area contributed by atoms with Crippen LogP contribution in [0.5, 0.6) is 0 Å². The Kier molecular flexibility index (Phi) is 1.91. The van der Waals surface area contributed by atoms with Gasteiger partial charge in [0.15, 0.2) is 0 Å². The van der Waals surface area contributed by atoms with Crippen molar-refractivity contribution >= 4 is 12.0 Å². The Hall–Kier alpha value is -1.78. The van der Waals surface area contributed by atoms with Gasteiger partial charge >= 0.3 is 11.7 Å². The highest BCUT2D eigenvalue weighted by atomic mass is 16.4. The molecular formula is C6H6N2O3. The molecule has 0 saturated carbocycles. The minimum absolute atomic E-state index is 0.352. The summed E-state index contributed by atoms with van der Waals surface area (Å²) >= 11 is 0. The lowest BCUT2D eigenvalue weighted by atomic mass is 10.4. The van der Waals surface area contributed by atoms with Gasteiger partial charge in [-0.25, -0.2) is 9.59 Å². The fourth-order valence-corrected chi connectivity index (χ4v) is 0.597. The van der Waals surface area contributed by atoms with Gasteiger partial charge in [0.25, 0.3) is 0 Å². The standard InChI is InChI=1S/C6H6N2O3/c9-5(10)2-1-4-3-7-6(11)8-4/h1-3H,(H,9,10)(H2,7,8,11)/b2-1+. The first kappa shape index (κ1) is 7.33. The molecule has 0 unspecified atom stereocenters. The number of carboxylic acid groups (broad SMARTS) is 1. The molecule has 0 fully saturated rings. The Balaban J connectivity index is 2.79. The van der Waals surface area contributed by atoms with Crippen LogP contribution in [0.25, 0.3) is 6.08 Å². The number of H-pyrrole nitrogens is 2. The van der Waals surface area contributed by atoms with Crippen LogP contribution in [0, 0.1) is 0 Å². The Morgan fingerprint density at radius 2 is 2.36 bits per heavy atom. The summed E-state index contributed by atoms with van der Waals surface area (Å²) in [6.45, 7) is 0. The number of aliphatic carboxylic acids is 1. The smallest absolute Gasteiger partial charge is 0.328 e. The molecule has 5 nitrogen and oxygen atoms in total. The molecule has 0 spiro atoms. The summed E-state index contributed by atoms with van der Waals surface area (Å²) in [6.07, 6.45) is 3.63. The Labute approximate surface area is 61.4 Å². The Bertz CT molecular complexity index is 334. The van der Waals surface area contributed by atoms with Crippen molar-refractivity contribution in [1.29, 1.82) is 0 Å². The fraction of sp³-hybridized carbons (Fsp3) is 0. The first-order chi connectivity index (χ1) is 5.18. The molecule has 1 aromatic heterocycles. The first-order valence-corrected chi connectivity index (χ1v) is 2.87. The molecule has 0 aromatic carbocycles. The van der Waals surface area contributed by atoms with E-state index in [9.17, 15) is 9.59 Å². The van der Waals surface area contributed by atoms with E-state index in [-0.39, 0.29) is 5.69 Å². The normalized spacial score (nSPS) is 10.5. The predicted molar refractivity (Wildman–Crippen MR) is 38.1 cm³/mol. The average molecular weight is 154 g/mol. The molecule has 3 N–H and O–H groups in total. The van der Waals surface area contributed by atoms with Gasteiger partial charge in [-0.2, -0.15) is 0 Å². The van der Waals surface area contributed by atoms with E-state index in [1.54, 1.807) is 0 Å². The molecule has 0 aliphatic rings. The third-order valence-electron chi connectivity index (χ3n) is 1.02. The van der Waals surface area contributed by atoms with Crippen LogP contribution in [-0.4, -0.2) is 21.0 Å². The number of imidazole rings is 1.